The van der Waals surface area contributed by atoms with E-state index in [1.165, 1.54) is 236 Å². The molecule has 0 aliphatic rings. The minimum Gasteiger partial charge on any atom is -0.324 e. The average Bonchev–Trinajstić information content (AvgIpc) is 2.98. The SMILES string of the molecule is B.CCCCCCCCCC[N+](CCCCCCCCCC)(CCCCCCCCCC)CCCCCCCCCC. The zero-order valence-electron chi connectivity index (χ0n) is 29.9. The summed E-state index contributed by atoms with van der Waals surface area (Å²) in [4.78, 5) is 0. The van der Waals surface area contributed by atoms with Crippen LogP contribution in [-0.2, 0) is 0 Å². The van der Waals surface area contributed by atoms with Crippen molar-refractivity contribution < 1.29 is 4.48 Å². The van der Waals surface area contributed by atoms with Crippen LogP contribution in [0.5, 0.6) is 0 Å². The largest absolute Gasteiger partial charge is 0.324 e. The first-order valence-corrected chi connectivity index (χ1v) is 20.1. The summed E-state index contributed by atoms with van der Waals surface area (Å²) >= 11 is 0. The molecule has 0 radical (unpaired) electrons. The molecule has 0 aromatic rings. The number of nitrogens with zero attached hydrogens (tertiary/aromatic N) is 1. The van der Waals surface area contributed by atoms with Crippen LogP contribution in [0.4, 0.5) is 0 Å². The van der Waals surface area contributed by atoms with Gasteiger partial charge in [0.1, 0.15) is 0 Å². The van der Waals surface area contributed by atoms with Crippen molar-refractivity contribution in [1.29, 1.82) is 0 Å². The maximum absolute atomic E-state index is 2.34. The van der Waals surface area contributed by atoms with Crippen LogP contribution < -0.4 is 0 Å². The summed E-state index contributed by atoms with van der Waals surface area (Å²) < 4.78 is 1.48. The van der Waals surface area contributed by atoms with Crippen LogP contribution >= 0.6 is 0 Å². The molecule has 0 heterocycles. The minimum absolute atomic E-state index is 0. The Labute approximate surface area is 271 Å². The van der Waals surface area contributed by atoms with Gasteiger partial charge in [0.15, 0.2) is 0 Å². The highest BCUT2D eigenvalue weighted by Gasteiger charge is 2.25. The fourth-order valence-corrected chi connectivity index (χ4v) is 7.00. The van der Waals surface area contributed by atoms with Gasteiger partial charge in [0.25, 0.3) is 0 Å². The third-order valence-electron chi connectivity index (χ3n) is 9.94. The lowest BCUT2D eigenvalue weighted by atomic mass is 10.0. The second-order valence-corrected chi connectivity index (χ2v) is 14.1. The van der Waals surface area contributed by atoms with E-state index in [9.17, 15) is 0 Å². The Morgan fingerprint density at radius 1 is 0.214 bits per heavy atom. The predicted octanol–water partition coefficient (Wildman–Crippen LogP) is 13.2. The van der Waals surface area contributed by atoms with E-state index in [-0.39, 0.29) is 8.41 Å². The Hall–Kier alpha value is 0.0249. The first kappa shape index (κ1) is 44.2. The van der Waals surface area contributed by atoms with Gasteiger partial charge in [-0.25, -0.2) is 0 Å². The quantitative estimate of drug-likeness (QED) is 0.0386. The van der Waals surface area contributed by atoms with Crippen molar-refractivity contribution in [3.05, 3.63) is 0 Å². The third kappa shape index (κ3) is 31.4. The lowest BCUT2D eigenvalue weighted by molar-refractivity contribution is -0.929. The maximum Gasteiger partial charge on any atom is 0.0814 e. The first-order valence-electron chi connectivity index (χ1n) is 20.1. The van der Waals surface area contributed by atoms with Crippen molar-refractivity contribution in [2.45, 2.75) is 233 Å². The fourth-order valence-electron chi connectivity index (χ4n) is 7.00. The highest BCUT2D eigenvalue weighted by molar-refractivity contribution is 5.75. The van der Waals surface area contributed by atoms with E-state index >= 15 is 0 Å². The van der Waals surface area contributed by atoms with Gasteiger partial charge in [-0.1, -0.05) is 182 Å². The number of quaternary nitrogens is 1. The predicted molar refractivity (Wildman–Crippen MR) is 200 cm³/mol. The van der Waals surface area contributed by atoms with Crippen LogP contribution in [0.15, 0.2) is 0 Å². The second kappa shape index (κ2) is 37.2. The van der Waals surface area contributed by atoms with Gasteiger partial charge in [-0.05, 0) is 51.4 Å². The van der Waals surface area contributed by atoms with Crippen molar-refractivity contribution in [1.82, 2.24) is 0 Å². The molecule has 0 N–H and O–H groups in total. The lowest BCUT2D eigenvalue weighted by Crippen LogP contribution is -2.50. The number of hydrogen-bond donors (Lipinski definition) is 0. The van der Waals surface area contributed by atoms with Crippen molar-refractivity contribution in [3.63, 3.8) is 0 Å². The van der Waals surface area contributed by atoms with Crippen LogP contribution in [0, 0.1) is 0 Å². The molecular formula is C40H87BN+. The van der Waals surface area contributed by atoms with E-state index in [4.69, 9.17) is 0 Å². The van der Waals surface area contributed by atoms with Crippen molar-refractivity contribution in [2.24, 2.45) is 0 Å². The molecule has 1 nitrogen and oxygen atoms in total. The molecule has 0 saturated carbocycles. The van der Waals surface area contributed by atoms with E-state index in [0.717, 1.165) is 0 Å². The molecular weight excluding hydrogens is 505 g/mol. The van der Waals surface area contributed by atoms with E-state index in [1.54, 1.807) is 0 Å². The Morgan fingerprint density at radius 3 is 0.524 bits per heavy atom. The summed E-state index contributed by atoms with van der Waals surface area (Å²) in [6.07, 6.45) is 46.7. The fraction of sp³-hybridized carbons (Fsp3) is 1.00. The zero-order valence-corrected chi connectivity index (χ0v) is 29.9. The van der Waals surface area contributed by atoms with Crippen LogP contribution in [0.2, 0.25) is 0 Å². The summed E-state index contributed by atoms with van der Waals surface area (Å²) in [6.45, 7) is 15.3. The molecule has 0 aromatic carbocycles. The molecule has 42 heavy (non-hydrogen) atoms. The molecule has 0 spiro atoms. The van der Waals surface area contributed by atoms with Gasteiger partial charge in [0.2, 0.25) is 0 Å². The van der Waals surface area contributed by atoms with Gasteiger partial charge in [0.05, 0.1) is 34.6 Å². The van der Waals surface area contributed by atoms with E-state index in [2.05, 4.69) is 27.7 Å². The summed E-state index contributed by atoms with van der Waals surface area (Å²) in [5.74, 6) is 0. The van der Waals surface area contributed by atoms with Gasteiger partial charge in [0, 0.05) is 0 Å². The first-order chi connectivity index (χ1) is 20.2. The van der Waals surface area contributed by atoms with E-state index in [0.29, 0.717) is 0 Å². The van der Waals surface area contributed by atoms with Gasteiger partial charge < -0.3 is 4.48 Å². The second-order valence-electron chi connectivity index (χ2n) is 14.1. The normalized spacial score (nSPS) is 11.7. The summed E-state index contributed by atoms with van der Waals surface area (Å²) in [6, 6.07) is 0. The minimum atomic E-state index is 0. The molecule has 0 unspecified atom stereocenters. The van der Waals surface area contributed by atoms with Gasteiger partial charge in [-0.2, -0.15) is 0 Å². The van der Waals surface area contributed by atoms with Gasteiger partial charge in [-0.15, -0.1) is 0 Å². The molecule has 0 aliphatic heterocycles. The van der Waals surface area contributed by atoms with Crippen molar-refractivity contribution >= 4 is 8.41 Å². The van der Waals surface area contributed by atoms with E-state index in [1.807, 2.05) is 0 Å². The molecule has 0 amide bonds. The van der Waals surface area contributed by atoms with E-state index < -0.39 is 0 Å². The van der Waals surface area contributed by atoms with Crippen LogP contribution in [0.25, 0.3) is 0 Å². The Balaban J connectivity index is 0. The summed E-state index contributed by atoms with van der Waals surface area (Å²) in [5.41, 5.74) is 0. The van der Waals surface area contributed by atoms with Gasteiger partial charge in [-0.3, -0.25) is 0 Å². The molecule has 254 valence electrons. The zero-order chi connectivity index (χ0) is 30.0. The van der Waals surface area contributed by atoms with Crippen LogP contribution in [-0.4, -0.2) is 39.1 Å². The number of hydrogen-bond acceptors (Lipinski definition) is 0. The third-order valence-corrected chi connectivity index (χ3v) is 9.94. The monoisotopic (exact) mass is 593 g/mol. The average molecular weight is 593 g/mol. The Kier molecular flexibility index (Phi) is 39.1. The van der Waals surface area contributed by atoms with Crippen molar-refractivity contribution in [2.75, 3.05) is 26.2 Å². The highest BCUT2D eigenvalue weighted by atomic mass is 15.3. The molecule has 0 aromatic heterocycles. The molecule has 0 rings (SSSR count). The lowest BCUT2D eigenvalue weighted by Gasteiger charge is -2.40. The van der Waals surface area contributed by atoms with Gasteiger partial charge >= 0.3 is 0 Å². The number of unbranched alkanes of at least 4 members (excludes halogenated alkanes) is 28. The Bertz CT molecular complexity index is 379. The number of rotatable bonds is 36. The molecule has 0 atom stereocenters. The molecule has 2 heteroatoms. The highest BCUT2D eigenvalue weighted by Crippen LogP contribution is 2.21. The topological polar surface area (TPSA) is 0 Å². The van der Waals surface area contributed by atoms with Crippen LogP contribution in [0.1, 0.15) is 233 Å². The smallest absolute Gasteiger partial charge is 0.0814 e. The molecule has 0 bridgehead atoms. The molecule has 0 aliphatic carbocycles. The standard InChI is InChI=1S/C40H84N.BH3/c1-5-9-13-17-21-25-29-33-37-41(38-34-30-26-22-18-14-10-6-2,39-35-31-27-23-19-15-11-7-3)40-36-32-28-24-20-16-12-8-4;/h5-40H2,1-4H3;1H3/q+1;. The molecule has 0 fully saturated rings. The summed E-state index contributed by atoms with van der Waals surface area (Å²) in [5, 5.41) is 0. The molecule has 0 saturated heterocycles. The maximum atomic E-state index is 2.34. The van der Waals surface area contributed by atoms with Crippen molar-refractivity contribution in [3.8, 4) is 0 Å². The van der Waals surface area contributed by atoms with Crippen LogP contribution in [0.3, 0.4) is 0 Å². The summed E-state index contributed by atoms with van der Waals surface area (Å²) in [7, 11) is 0. The Morgan fingerprint density at radius 2 is 0.357 bits per heavy atom.